The molecule has 0 aromatic heterocycles. The van der Waals surface area contributed by atoms with Crippen molar-refractivity contribution in [2.45, 2.75) is 30.2 Å². The zero-order valence-electron chi connectivity index (χ0n) is 12.2. The normalized spacial score (nSPS) is 11.1. The second-order valence-corrected chi connectivity index (χ2v) is 7.36. The van der Waals surface area contributed by atoms with Gasteiger partial charge in [-0.15, -0.1) is 0 Å². The summed E-state index contributed by atoms with van der Waals surface area (Å²) in [6, 6.07) is 13.1. The summed E-state index contributed by atoms with van der Waals surface area (Å²) >= 11 is 5.10. The van der Waals surface area contributed by atoms with Crippen LogP contribution in [0.2, 0.25) is 0 Å². The fourth-order valence-electron chi connectivity index (χ4n) is 1.91. The van der Waals surface area contributed by atoms with Crippen molar-refractivity contribution in [1.82, 2.24) is 5.32 Å². The van der Waals surface area contributed by atoms with Gasteiger partial charge >= 0.3 is 0 Å². The Labute approximate surface area is 138 Å². The van der Waals surface area contributed by atoms with Gasteiger partial charge < -0.3 is 5.32 Å². The molecule has 0 aliphatic rings. The third-order valence-corrected chi connectivity index (χ3v) is 4.59. The molecule has 2 aromatic rings. The Hall–Kier alpha value is -0.840. The molecular formula is C17H19BrFNS. The largest absolute Gasteiger partial charge is 0.312 e. The van der Waals surface area contributed by atoms with E-state index in [0.29, 0.717) is 12.5 Å². The molecule has 0 aliphatic carbocycles. The lowest BCUT2D eigenvalue weighted by Crippen LogP contribution is -2.19. The summed E-state index contributed by atoms with van der Waals surface area (Å²) in [4.78, 5) is 2.24. The summed E-state index contributed by atoms with van der Waals surface area (Å²) in [5.41, 5.74) is 1.00. The van der Waals surface area contributed by atoms with Gasteiger partial charge in [-0.2, -0.15) is 0 Å². The molecule has 0 saturated heterocycles. The van der Waals surface area contributed by atoms with Crippen molar-refractivity contribution in [3.05, 3.63) is 58.3 Å². The van der Waals surface area contributed by atoms with E-state index in [1.807, 2.05) is 18.2 Å². The van der Waals surface area contributed by atoms with E-state index in [4.69, 9.17) is 0 Å². The van der Waals surface area contributed by atoms with Crippen molar-refractivity contribution >= 4 is 27.7 Å². The van der Waals surface area contributed by atoms with Crippen LogP contribution >= 0.6 is 27.7 Å². The third kappa shape index (κ3) is 5.46. The Morgan fingerprint density at radius 3 is 2.52 bits per heavy atom. The number of nitrogens with one attached hydrogen (secondary N) is 1. The molecule has 21 heavy (non-hydrogen) atoms. The summed E-state index contributed by atoms with van der Waals surface area (Å²) in [7, 11) is 0. The van der Waals surface area contributed by atoms with E-state index >= 15 is 0 Å². The molecule has 4 heteroatoms. The van der Waals surface area contributed by atoms with Crippen LogP contribution in [0.5, 0.6) is 0 Å². The number of hydrogen-bond acceptors (Lipinski definition) is 2. The second kappa shape index (κ2) is 7.97. The van der Waals surface area contributed by atoms with Crippen LogP contribution in [0.25, 0.3) is 0 Å². The lowest BCUT2D eigenvalue weighted by molar-refractivity contribution is 0.547. The molecule has 0 heterocycles. The van der Waals surface area contributed by atoms with Crippen LogP contribution in [0.15, 0.2) is 56.7 Å². The van der Waals surface area contributed by atoms with Crippen molar-refractivity contribution < 1.29 is 4.39 Å². The highest BCUT2D eigenvalue weighted by molar-refractivity contribution is 9.10. The Morgan fingerprint density at radius 1 is 1.14 bits per heavy atom. The van der Waals surface area contributed by atoms with E-state index < -0.39 is 0 Å². The minimum absolute atomic E-state index is 0.184. The monoisotopic (exact) mass is 367 g/mol. The average molecular weight is 368 g/mol. The SMILES string of the molecule is CC(C)CNCc1cc(F)ccc1Sc1ccc(Br)cc1. The molecule has 1 N–H and O–H groups in total. The third-order valence-electron chi connectivity index (χ3n) is 2.93. The highest BCUT2D eigenvalue weighted by Gasteiger charge is 2.07. The molecule has 0 fully saturated rings. The molecule has 0 saturated carbocycles. The van der Waals surface area contributed by atoms with Crippen molar-refractivity contribution in [3.63, 3.8) is 0 Å². The van der Waals surface area contributed by atoms with Crippen molar-refractivity contribution in [1.29, 1.82) is 0 Å². The fourth-order valence-corrected chi connectivity index (χ4v) is 3.10. The van der Waals surface area contributed by atoms with Crippen molar-refractivity contribution in [3.8, 4) is 0 Å². The first-order valence-electron chi connectivity index (χ1n) is 6.97. The van der Waals surface area contributed by atoms with Crippen LogP contribution < -0.4 is 5.32 Å². The first kappa shape index (κ1) is 16.5. The van der Waals surface area contributed by atoms with E-state index in [9.17, 15) is 4.39 Å². The highest BCUT2D eigenvalue weighted by Crippen LogP contribution is 2.31. The summed E-state index contributed by atoms with van der Waals surface area (Å²) in [5, 5.41) is 3.38. The molecule has 1 nitrogen and oxygen atoms in total. The first-order valence-corrected chi connectivity index (χ1v) is 8.58. The maximum absolute atomic E-state index is 13.5. The van der Waals surface area contributed by atoms with Crippen LogP contribution in [0.4, 0.5) is 4.39 Å². The maximum atomic E-state index is 13.5. The Balaban J connectivity index is 2.12. The minimum atomic E-state index is -0.184. The van der Waals surface area contributed by atoms with E-state index in [-0.39, 0.29) is 5.82 Å². The summed E-state index contributed by atoms with van der Waals surface area (Å²) in [6.07, 6.45) is 0. The van der Waals surface area contributed by atoms with E-state index in [0.717, 1.165) is 26.4 Å². The van der Waals surface area contributed by atoms with Gasteiger partial charge in [0.25, 0.3) is 0 Å². The predicted octanol–water partition coefficient (Wildman–Crippen LogP) is 5.49. The molecule has 0 amide bonds. The van der Waals surface area contributed by atoms with Gasteiger partial charge in [-0.3, -0.25) is 0 Å². The molecule has 0 unspecified atom stereocenters. The molecule has 2 rings (SSSR count). The lowest BCUT2D eigenvalue weighted by atomic mass is 10.2. The molecular weight excluding hydrogens is 349 g/mol. The molecule has 0 aliphatic heterocycles. The van der Waals surface area contributed by atoms with Gasteiger partial charge in [-0.05, 0) is 60.5 Å². The molecule has 0 atom stereocenters. The Bertz CT molecular complexity index is 584. The fraction of sp³-hybridized carbons (Fsp3) is 0.294. The second-order valence-electron chi connectivity index (χ2n) is 5.33. The summed E-state index contributed by atoms with van der Waals surface area (Å²) in [5.74, 6) is 0.401. The molecule has 0 bridgehead atoms. The van der Waals surface area contributed by atoms with Crippen molar-refractivity contribution in [2.75, 3.05) is 6.54 Å². The topological polar surface area (TPSA) is 12.0 Å². The van der Waals surface area contributed by atoms with Gasteiger partial charge in [0.15, 0.2) is 0 Å². The van der Waals surface area contributed by atoms with Crippen LogP contribution in [0.1, 0.15) is 19.4 Å². The van der Waals surface area contributed by atoms with Gasteiger partial charge in [0.1, 0.15) is 5.82 Å². The minimum Gasteiger partial charge on any atom is -0.312 e. The van der Waals surface area contributed by atoms with Crippen LogP contribution in [0.3, 0.4) is 0 Å². The van der Waals surface area contributed by atoms with Gasteiger partial charge in [-0.1, -0.05) is 41.5 Å². The maximum Gasteiger partial charge on any atom is 0.123 e. The van der Waals surface area contributed by atoms with E-state index in [1.165, 1.54) is 6.07 Å². The molecule has 0 spiro atoms. The average Bonchev–Trinajstić information content (AvgIpc) is 2.43. The summed E-state index contributed by atoms with van der Waals surface area (Å²) in [6.45, 7) is 5.94. The Kier molecular flexibility index (Phi) is 6.27. The highest BCUT2D eigenvalue weighted by atomic mass is 79.9. The number of halogens is 2. The summed E-state index contributed by atoms with van der Waals surface area (Å²) < 4.78 is 14.5. The zero-order valence-corrected chi connectivity index (χ0v) is 14.6. The quantitative estimate of drug-likeness (QED) is 0.724. The smallest absolute Gasteiger partial charge is 0.123 e. The van der Waals surface area contributed by atoms with Crippen LogP contribution in [0, 0.1) is 11.7 Å². The van der Waals surface area contributed by atoms with Crippen LogP contribution in [-0.4, -0.2) is 6.54 Å². The number of benzene rings is 2. The van der Waals surface area contributed by atoms with Crippen LogP contribution in [-0.2, 0) is 6.54 Å². The first-order chi connectivity index (χ1) is 10.0. The zero-order chi connectivity index (χ0) is 15.2. The van der Waals surface area contributed by atoms with E-state index in [1.54, 1.807) is 17.8 Å². The molecule has 112 valence electrons. The van der Waals surface area contributed by atoms with E-state index in [2.05, 4.69) is 47.2 Å². The molecule has 0 radical (unpaired) electrons. The van der Waals surface area contributed by atoms with Gasteiger partial charge in [0, 0.05) is 20.8 Å². The Morgan fingerprint density at radius 2 is 1.86 bits per heavy atom. The van der Waals surface area contributed by atoms with Crippen molar-refractivity contribution in [2.24, 2.45) is 5.92 Å². The van der Waals surface area contributed by atoms with Gasteiger partial charge in [0.05, 0.1) is 0 Å². The predicted molar refractivity (Wildman–Crippen MR) is 91.2 cm³/mol. The van der Waals surface area contributed by atoms with Gasteiger partial charge in [-0.25, -0.2) is 4.39 Å². The lowest BCUT2D eigenvalue weighted by Gasteiger charge is -2.12. The standard InChI is InChI=1S/C17H19BrFNS/c1-12(2)10-20-11-13-9-15(19)5-8-17(13)21-16-6-3-14(18)4-7-16/h3-9,12,20H,10-11H2,1-2H3. The number of rotatable bonds is 6. The van der Waals surface area contributed by atoms with Gasteiger partial charge in [0.2, 0.25) is 0 Å². The number of hydrogen-bond donors (Lipinski definition) is 1. The molecule has 2 aromatic carbocycles.